The van der Waals surface area contributed by atoms with Gasteiger partial charge in [-0.25, -0.2) is 4.98 Å². The molecule has 10 heteroatoms. The largest absolute Gasteiger partial charge is 0.495 e. The number of ether oxygens (including phenoxy) is 1. The minimum absolute atomic E-state index is 0.200. The van der Waals surface area contributed by atoms with Gasteiger partial charge >= 0.3 is 0 Å². The number of nitrogens with zero attached hydrogens (tertiary/aromatic N) is 5. The van der Waals surface area contributed by atoms with Gasteiger partial charge in [-0.1, -0.05) is 11.6 Å². The monoisotopic (exact) mass is 411 g/mol. The number of aromatic amines is 1. The molecule has 29 heavy (non-hydrogen) atoms. The third-order valence-corrected chi connectivity index (χ3v) is 4.89. The molecule has 148 valence electrons. The first kappa shape index (κ1) is 18.9. The number of aryl methyl sites for hydroxylation is 1. The molecule has 0 radical (unpaired) electrons. The van der Waals surface area contributed by atoms with E-state index in [1.54, 1.807) is 29.1 Å². The van der Waals surface area contributed by atoms with Crippen molar-refractivity contribution in [1.29, 1.82) is 0 Å². The second-order valence-electron chi connectivity index (χ2n) is 6.53. The van der Waals surface area contributed by atoms with E-state index < -0.39 is 0 Å². The number of methoxy groups -OCH3 is 1. The minimum atomic E-state index is -0.304. The summed E-state index contributed by atoms with van der Waals surface area (Å²) in [5.41, 5.74) is 1.78. The highest BCUT2D eigenvalue weighted by Crippen LogP contribution is 2.29. The molecule has 0 saturated carbocycles. The van der Waals surface area contributed by atoms with E-state index in [0.717, 1.165) is 11.1 Å². The highest BCUT2D eigenvalue weighted by molar-refractivity contribution is 6.32. The molecule has 0 spiro atoms. The summed E-state index contributed by atoms with van der Waals surface area (Å²) in [6.07, 6.45) is 1.65. The fraction of sp³-hybridized carbons (Fsp3) is 0.211. The Bertz CT molecular complexity index is 1250. The average Bonchev–Trinajstić information content (AvgIpc) is 3.13. The molecule has 2 N–H and O–H groups in total. The number of rotatable bonds is 5. The van der Waals surface area contributed by atoms with Crippen LogP contribution in [0.15, 0.2) is 41.3 Å². The zero-order chi connectivity index (χ0) is 20.5. The van der Waals surface area contributed by atoms with E-state index in [4.69, 9.17) is 16.3 Å². The number of hydrogen-bond acceptors (Lipinski definition) is 7. The smallest absolute Gasteiger partial charge is 0.253 e. The van der Waals surface area contributed by atoms with Crippen molar-refractivity contribution in [3.63, 3.8) is 0 Å². The standard InChI is InChI=1S/C19H18ClN7O2/c1-10(22-18-8-13(4-5-21-18)27-11(2)24-25-26-27)14-6-12-7-15(20)17(29-3)9-16(12)23-19(14)28/h4-10H,1-3H3,(H,21,22)(H,23,28)/t10-/m0/s1. The summed E-state index contributed by atoms with van der Waals surface area (Å²) >= 11 is 6.22. The van der Waals surface area contributed by atoms with E-state index in [1.807, 2.05) is 26.0 Å². The van der Waals surface area contributed by atoms with Gasteiger partial charge < -0.3 is 15.0 Å². The topological polar surface area (TPSA) is 111 Å². The van der Waals surface area contributed by atoms with E-state index in [9.17, 15) is 4.79 Å². The predicted molar refractivity (Wildman–Crippen MR) is 110 cm³/mol. The number of tetrazole rings is 1. The van der Waals surface area contributed by atoms with E-state index in [0.29, 0.717) is 33.5 Å². The summed E-state index contributed by atoms with van der Waals surface area (Å²) in [5, 5.41) is 16.0. The molecule has 1 atom stereocenters. The number of hydrogen-bond donors (Lipinski definition) is 2. The minimum Gasteiger partial charge on any atom is -0.495 e. The van der Waals surface area contributed by atoms with Crippen LogP contribution in [0.1, 0.15) is 24.4 Å². The van der Waals surface area contributed by atoms with Gasteiger partial charge in [0.1, 0.15) is 11.6 Å². The summed E-state index contributed by atoms with van der Waals surface area (Å²) < 4.78 is 6.82. The third-order valence-electron chi connectivity index (χ3n) is 4.59. The lowest BCUT2D eigenvalue weighted by atomic mass is 10.1. The molecule has 4 aromatic rings. The highest BCUT2D eigenvalue weighted by Gasteiger charge is 2.14. The Morgan fingerprint density at radius 2 is 2.10 bits per heavy atom. The summed E-state index contributed by atoms with van der Waals surface area (Å²) in [5.74, 6) is 1.76. The van der Waals surface area contributed by atoms with Gasteiger partial charge in [0.25, 0.3) is 5.56 Å². The van der Waals surface area contributed by atoms with Crippen LogP contribution in [0.5, 0.6) is 5.75 Å². The second-order valence-corrected chi connectivity index (χ2v) is 6.94. The van der Waals surface area contributed by atoms with E-state index in [-0.39, 0.29) is 11.6 Å². The lowest BCUT2D eigenvalue weighted by molar-refractivity contribution is 0.415. The third kappa shape index (κ3) is 3.64. The molecule has 9 nitrogen and oxygen atoms in total. The Morgan fingerprint density at radius 3 is 2.83 bits per heavy atom. The molecule has 4 rings (SSSR count). The van der Waals surface area contributed by atoms with Gasteiger partial charge in [0.05, 0.1) is 29.4 Å². The molecule has 0 aliphatic rings. The number of anilines is 1. The number of halogens is 1. The molecule has 3 heterocycles. The SMILES string of the molecule is COc1cc2[nH]c(=O)c([C@H](C)Nc3cc(-n4nnnc4C)ccn3)cc2cc1Cl. The van der Waals surface area contributed by atoms with Gasteiger partial charge in [-0.3, -0.25) is 4.79 Å². The molecule has 0 aliphatic carbocycles. The number of pyridine rings is 2. The fourth-order valence-electron chi connectivity index (χ4n) is 3.10. The zero-order valence-electron chi connectivity index (χ0n) is 16.0. The first-order valence-electron chi connectivity index (χ1n) is 8.84. The summed E-state index contributed by atoms with van der Waals surface area (Å²) in [4.78, 5) is 19.8. The number of aromatic nitrogens is 6. The normalized spacial score (nSPS) is 12.1. The zero-order valence-corrected chi connectivity index (χ0v) is 16.7. The maximum atomic E-state index is 12.6. The lowest BCUT2D eigenvalue weighted by Gasteiger charge is -2.16. The van der Waals surface area contributed by atoms with Crippen molar-refractivity contribution in [2.24, 2.45) is 0 Å². The molecule has 0 bridgehead atoms. The van der Waals surface area contributed by atoms with Crippen LogP contribution in [0.25, 0.3) is 16.6 Å². The van der Waals surface area contributed by atoms with Crippen molar-refractivity contribution in [3.8, 4) is 11.4 Å². The van der Waals surface area contributed by atoms with Gasteiger partial charge in [-0.05, 0) is 42.5 Å². The Labute approximate surface area is 170 Å². The molecule has 0 saturated heterocycles. The Hall–Kier alpha value is -3.46. The van der Waals surface area contributed by atoms with Crippen molar-refractivity contribution in [3.05, 3.63) is 63.3 Å². The molecule has 0 aliphatic heterocycles. The molecule has 3 aromatic heterocycles. The van der Waals surface area contributed by atoms with E-state index in [1.165, 1.54) is 7.11 Å². The predicted octanol–water partition coefficient (Wildman–Crippen LogP) is 3.04. The summed E-state index contributed by atoms with van der Waals surface area (Å²) in [7, 11) is 1.53. The highest BCUT2D eigenvalue weighted by atomic mass is 35.5. The number of benzene rings is 1. The average molecular weight is 412 g/mol. The maximum Gasteiger partial charge on any atom is 0.253 e. The van der Waals surface area contributed by atoms with Crippen LogP contribution in [-0.4, -0.2) is 37.3 Å². The van der Waals surface area contributed by atoms with Crippen molar-refractivity contribution < 1.29 is 4.74 Å². The molecule has 0 fully saturated rings. The van der Waals surface area contributed by atoms with Crippen LogP contribution in [0.3, 0.4) is 0 Å². The lowest BCUT2D eigenvalue weighted by Crippen LogP contribution is -2.20. The van der Waals surface area contributed by atoms with Crippen LogP contribution in [-0.2, 0) is 0 Å². The van der Waals surface area contributed by atoms with E-state index in [2.05, 4.69) is 30.8 Å². The second kappa shape index (κ2) is 7.51. The van der Waals surface area contributed by atoms with Crippen LogP contribution >= 0.6 is 11.6 Å². The maximum absolute atomic E-state index is 12.6. The number of H-pyrrole nitrogens is 1. The molecular weight excluding hydrogens is 394 g/mol. The number of nitrogens with one attached hydrogen (secondary N) is 2. The van der Waals surface area contributed by atoms with Gasteiger partial charge in [-0.15, -0.1) is 5.10 Å². The van der Waals surface area contributed by atoms with Crippen LogP contribution in [0, 0.1) is 6.92 Å². The van der Waals surface area contributed by atoms with Crippen molar-refractivity contribution in [1.82, 2.24) is 30.2 Å². The Morgan fingerprint density at radius 1 is 1.28 bits per heavy atom. The summed E-state index contributed by atoms with van der Waals surface area (Å²) in [6, 6.07) is 8.60. The van der Waals surface area contributed by atoms with Gasteiger partial charge in [-0.2, -0.15) is 4.68 Å². The van der Waals surface area contributed by atoms with E-state index >= 15 is 0 Å². The van der Waals surface area contributed by atoms with Crippen LogP contribution in [0.4, 0.5) is 5.82 Å². The molecule has 0 unspecified atom stereocenters. The van der Waals surface area contributed by atoms with Crippen molar-refractivity contribution in [2.45, 2.75) is 19.9 Å². The first-order chi connectivity index (χ1) is 14.0. The molecule has 0 amide bonds. The van der Waals surface area contributed by atoms with Gasteiger partial charge in [0, 0.05) is 29.3 Å². The van der Waals surface area contributed by atoms with Crippen molar-refractivity contribution in [2.75, 3.05) is 12.4 Å². The van der Waals surface area contributed by atoms with Crippen LogP contribution < -0.4 is 15.6 Å². The Kier molecular flexibility index (Phi) is 4.89. The fourth-order valence-corrected chi connectivity index (χ4v) is 3.35. The first-order valence-corrected chi connectivity index (χ1v) is 9.22. The van der Waals surface area contributed by atoms with Gasteiger partial charge in [0.2, 0.25) is 0 Å². The molecular formula is C19H18ClN7O2. The van der Waals surface area contributed by atoms with Gasteiger partial charge in [0.15, 0.2) is 5.82 Å². The quantitative estimate of drug-likeness (QED) is 0.519. The van der Waals surface area contributed by atoms with Crippen LogP contribution in [0.2, 0.25) is 5.02 Å². The number of fused-ring (bicyclic) bond motifs is 1. The molecule has 1 aromatic carbocycles. The Balaban J connectivity index is 1.66. The summed E-state index contributed by atoms with van der Waals surface area (Å²) in [6.45, 7) is 3.70. The van der Waals surface area contributed by atoms with Crippen molar-refractivity contribution >= 4 is 28.3 Å².